The molecule has 0 bridgehead atoms. The Hall–Kier alpha value is -2.58. The summed E-state index contributed by atoms with van der Waals surface area (Å²) in [7, 11) is 2.90. The first kappa shape index (κ1) is 22.1. The Morgan fingerprint density at radius 2 is 2.00 bits per heavy atom. The van der Waals surface area contributed by atoms with Crippen molar-refractivity contribution < 1.29 is 23.9 Å². The Labute approximate surface area is 182 Å². The Balaban J connectivity index is 2.17. The maximum atomic E-state index is 13.5. The first-order valence-electron chi connectivity index (χ1n) is 9.03. The summed E-state index contributed by atoms with van der Waals surface area (Å²) in [5.74, 6) is -1.36. The molecule has 0 unspecified atom stereocenters. The highest BCUT2D eigenvalue weighted by molar-refractivity contribution is 8.15. The molecule has 11 heteroatoms. The number of nitrogens with zero attached hydrogens (tertiary/aromatic N) is 4. The van der Waals surface area contributed by atoms with Gasteiger partial charge in [0.25, 0.3) is 11.8 Å². The van der Waals surface area contributed by atoms with E-state index >= 15 is 0 Å². The van der Waals surface area contributed by atoms with Crippen molar-refractivity contribution >= 4 is 45.6 Å². The van der Waals surface area contributed by atoms with Crippen LogP contribution < -0.4 is 4.74 Å². The number of ether oxygens (including phenoxy) is 1. The van der Waals surface area contributed by atoms with Crippen LogP contribution in [0.5, 0.6) is 5.88 Å². The third kappa shape index (κ3) is 3.54. The number of rotatable bonds is 4. The van der Waals surface area contributed by atoms with E-state index in [2.05, 4.69) is 11.1 Å². The topological polar surface area (TPSA) is 121 Å². The average Bonchev–Trinajstić information content (AvgIpc) is 3.04. The number of fused-ring (bicyclic) bond motifs is 1. The molecule has 9 nitrogen and oxygen atoms in total. The number of carbonyl (C=O) groups is 4. The second-order valence-corrected chi connectivity index (χ2v) is 9.69. The number of likely N-dealkylation sites (N-methyl/N-ethyl adjacent to an activating group) is 1. The van der Waals surface area contributed by atoms with E-state index in [0.717, 1.165) is 23.5 Å². The van der Waals surface area contributed by atoms with Crippen molar-refractivity contribution in [2.24, 2.45) is 5.92 Å². The van der Waals surface area contributed by atoms with E-state index in [1.807, 2.05) is 0 Å². The Kier molecular flexibility index (Phi) is 6.10. The van der Waals surface area contributed by atoms with Crippen LogP contribution in [0.2, 0.25) is 0 Å². The number of nitriles is 1. The summed E-state index contributed by atoms with van der Waals surface area (Å²) < 4.78 is 5.07. The van der Waals surface area contributed by atoms with E-state index in [1.165, 1.54) is 44.0 Å². The van der Waals surface area contributed by atoms with Crippen LogP contribution in [-0.4, -0.2) is 61.2 Å². The predicted molar refractivity (Wildman–Crippen MR) is 110 cm³/mol. The first-order valence-corrected chi connectivity index (χ1v) is 10.7. The van der Waals surface area contributed by atoms with Crippen molar-refractivity contribution in [3.8, 4) is 11.9 Å². The summed E-state index contributed by atoms with van der Waals surface area (Å²) in [5, 5.41) is 8.09. The molecule has 0 radical (unpaired) electrons. The number of thioether (sulfide) groups is 2. The highest BCUT2D eigenvalue weighted by Crippen LogP contribution is 2.55. The number of pyridine rings is 1. The van der Waals surface area contributed by atoms with Gasteiger partial charge in [-0.05, 0) is 17.3 Å². The normalized spacial score (nSPS) is 28.2. The van der Waals surface area contributed by atoms with Gasteiger partial charge in [0.05, 0.1) is 25.1 Å². The SMILES string of the molecule is COc1ccc([C@H]2[C@@H](C#N)C[C@]3(SC(C)=O)C(=O)N(C)[C@@H](SC(C)=O)C(=O)N23)cn1. The second-order valence-electron chi connectivity index (χ2n) is 6.98. The van der Waals surface area contributed by atoms with E-state index in [9.17, 15) is 24.4 Å². The molecule has 4 atom stereocenters. The van der Waals surface area contributed by atoms with Gasteiger partial charge in [0, 0.05) is 39.6 Å². The van der Waals surface area contributed by atoms with Crippen molar-refractivity contribution in [1.29, 1.82) is 5.26 Å². The van der Waals surface area contributed by atoms with Crippen molar-refractivity contribution in [3.05, 3.63) is 23.9 Å². The van der Waals surface area contributed by atoms with E-state index < -0.39 is 34.0 Å². The summed E-state index contributed by atoms with van der Waals surface area (Å²) in [6, 6.07) is 4.68. The van der Waals surface area contributed by atoms with Crippen LogP contribution in [0, 0.1) is 17.2 Å². The molecule has 1 aromatic heterocycles. The highest BCUT2D eigenvalue weighted by atomic mass is 32.2. The molecule has 2 aliphatic rings. The van der Waals surface area contributed by atoms with Gasteiger partial charge in [0.1, 0.15) is 0 Å². The zero-order valence-corrected chi connectivity index (χ0v) is 18.5. The number of hydrogen-bond acceptors (Lipinski definition) is 9. The minimum absolute atomic E-state index is 0.00316. The Morgan fingerprint density at radius 3 is 2.50 bits per heavy atom. The van der Waals surface area contributed by atoms with Crippen molar-refractivity contribution in [2.75, 3.05) is 14.2 Å². The number of aromatic nitrogens is 1. The second kappa shape index (κ2) is 8.28. The smallest absolute Gasteiger partial charge is 0.260 e. The summed E-state index contributed by atoms with van der Waals surface area (Å²) in [5.41, 5.74) is 0.547. The molecular weight excluding hydrogens is 428 g/mol. The lowest BCUT2D eigenvalue weighted by Gasteiger charge is -2.48. The molecule has 2 saturated heterocycles. The maximum absolute atomic E-state index is 13.5. The molecule has 1 aromatic rings. The molecule has 0 aliphatic carbocycles. The van der Waals surface area contributed by atoms with Gasteiger partial charge in [-0.2, -0.15) is 5.26 Å². The molecule has 0 spiro atoms. The standard InChI is InChI=1S/C19H20N4O5S2/c1-10(24)29-17-16(26)23-15(12-5-6-14(28-4)21-9-12)13(8-20)7-19(23,30-11(2)25)18(27)22(17)3/h5-6,9,13,15,17H,7H2,1-4H3/t13-,15+,17+,19+/m1/s1. The van der Waals surface area contributed by atoms with Gasteiger partial charge in [0.2, 0.25) is 5.88 Å². The van der Waals surface area contributed by atoms with Crippen LogP contribution in [0.25, 0.3) is 0 Å². The van der Waals surface area contributed by atoms with Gasteiger partial charge in [-0.3, -0.25) is 19.2 Å². The molecule has 2 aliphatic heterocycles. The first-order chi connectivity index (χ1) is 14.2. The van der Waals surface area contributed by atoms with Crippen LogP contribution in [0.1, 0.15) is 31.9 Å². The number of methoxy groups -OCH3 is 1. The summed E-state index contributed by atoms with van der Waals surface area (Å²) >= 11 is 1.48. The number of piperazine rings is 1. The van der Waals surface area contributed by atoms with Crippen molar-refractivity contribution in [2.45, 2.75) is 36.6 Å². The van der Waals surface area contributed by atoms with Crippen molar-refractivity contribution in [1.82, 2.24) is 14.8 Å². The third-order valence-electron chi connectivity index (χ3n) is 5.07. The lowest BCUT2D eigenvalue weighted by molar-refractivity contribution is -0.158. The molecule has 3 heterocycles. The van der Waals surface area contributed by atoms with Crippen LogP contribution in [0.4, 0.5) is 0 Å². The van der Waals surface area contributed by atoms with Gasteiger partial charge >= 0.3 is 0 Å². The highest BCUT2D eigenvalue weighted by Gasteiger charge is 2.65. The van der Waals surface area contributed by atoms with E-state index in [4.69, 9.17) is 4.74 Å². The summed E-state index contributed by atoms with van der Waals surface area (Å²) in [4.78, 5) is 55.9. The Bertz CT molecular complexity index is 947. The summed E-state index contributed by atoms with van der Waals surface area (Å²) in [6.45, 7) is 2.63. The Morgan fingerprint density at radius 1 is 1.30 bits per heavy atom. The maximum Gasteiger partial charge on any atom is 0.260 e. The molecule has 2 fully saturated rings. The molecule has 0 saturated carbocycles. The van der Waals surface area contributed by atoms with Gasteiger partial charge in [0.15, 0.2) is 20.5 Å². The number of hydrogen-bond donors (Lipinski definition) is 0. The quantitative estimate of drug-likeness (QED) is 0.675. The average molecular weight is 449 g/mol. The lowest BCUT2D eigenvalue weighted by atomic mass is 9.95. The van der Waals surface area contributed by atoms with Gasteiger partial charge in [-0.1, -0.05) is 17.8 Å². The molecule has 0 N–H and O–H groups in total. The fourth-order valence-corrected chi connectivity index (χ4v) is 5.98. The largest absolute Gasteiger partial charge is 0.481 e. The molecule has 0 aromatic carbocycles. The predicted octanol–water partition coefficient (Wildman–Crippen LogP) is 1.56. The molecule has 158 valence electrons. The summed E-state index contributed by atoms with van der Waals surface area (Å²) in [6.07, 6.45) is 1.49. The lowest BCUT2D eigenvalue weighted by Crippen LogP contribution is -2.66. The van der Waals surface area contributed by atoms with Gasteiger partial charge < -0.3 is 14.5 Å². The van der Waals surface area contributed by atoms with Crippen LogP contribution >= 0.6 is 23.5 Å². The van der Waals surface area contributed by atoms with Gasteiger partial charge in [-0.15, -0.1) is 0 Å². The fraction of sp³-hybridized carbons (Fsp3) is 0.474. The van der Waals surface area contributed by atoms with Crippen LogP contribution in [0.3, 0.4) is 0 Å². The zero-order valence-electron chi connectivity index (χ0n) is 16.8. The number of amides is 2. The molecule has 3 rings (SSSR count). The van der Waals surface area contributed by atoms with Crippen molar-refractivity contribution in [3.63, 3.8) is 0 Å². The zero-order chi connectivity index (χ0) is 22.2. The minimum Gasteiger partial charge on any atom is -0.481 e. The van der Waals surface area contributed by atoms with E-state index in [0.29, 0.717) is 11.4 Å². The molecule has 30 heavy (non-hydrogen) atoms. The fourth-order valence-electron chi connectivity index (χ4n) is 3.93. The monoisotopic (exact) mass is 448 g/mol. The van der Waals surface area contributed by atoms with E-state index in [-0.39, 0.29) is 16.7 Å². The van der Waals surface area contributed by atoms with Crippen LogP contribution in [-0.2, 0) is 19.2 Å². The minimum atomic E-state index is -1.55. The molecule has 2 amide bonds. The third-order valence-corrected chi connectivity index (χ3v) is 7.30. The van der Waals surface area contributed by atoms with Gasteiger partial charge in [-0.25, -0.2) is 4.98 Å². The van der Waals surface area contributed by atoms with E-state index in [1.54, 1.807) is 12.1 Å². The number of carbonyl (C=O) groups excluding carboxylic acids is 4. The molecular formula is C19H20N4O5S2. The van der Waals surface area contributed by atoms with Crippen LogP contribution in [0.15, 0.2) is 18.3 Å².